The largest absolute Gasteiger partial charge is 0.423 e. The fourth-order valence-corrected chi connectivity index (χ4v) is 2.77. The van der Waals surface area contributed by atoms with Crippen molar-refractivity contribution in [2.24, 2.45) is 7.05 Å². The second-order valence-corrected chi connectivity index (χ2v) is 5.74. The highest BCUT2D eigenvalue weighted by atomic mass is 35.5. The molecule has 1 saturated heterocycles. The van der Waals surface area contributed by atoms with Crippen LogP contribution in [0, 0.1) is 6.92 Å². The van der Waals surface area contributed by atoms with Crippen LogP contribution in [0.4, 0.5) is 0 Å². The number of aryl methyl sites for hydroxylation is 1. The van der Waals surface area contributed by atoms with Gasteiger partial charge in [-0.05, 0) is 6.07 Å². The van der Waals surface area contributed by atoms with Gasteiger partial charge in [0.2, 0.25) is 11.8 Å². The van der Waals surface area contributed by atoms with E-state index in [1.807, 2.05) is 0 Å². The van der Waals surface area contributed by atoms with Gasteiger partial charge in [-0.2, -0.15) is 0 Å². The standard InChI is InChI=1S/C13H14Cl2N4O3/c1-7-16-17-12(22-7)10-6-21-4-3-19(10)13(20)9-5-8(14)11(15)18(9)2/h5,10H,3-4,6H2,1-2H3. The maximum absolute atomic E-state index is 12.8. The molecule has 0 radical (unpaired) electrons. The number of nitrogens with zero attached hydrogens (tertiary/aromatic N) is 4. The lowest BCUT2D eigenvalue weighted by atomic mass is 10.2. The molecule has 0 bridgehead atoms. The van der Waals surface area contributed by atoms with Crippen LogP contribution >= 0.6 is 23.2 Å². The molecular weight excluding hydrogens is 331 g/mol. The Balaban J connectivity index is 1.93. The molecule has 0 spiro atoms. The van der Waals surface area contributed by atoms with Gasteiger partial charge in [0, 0.05) is 20.5 Å². The summed E-state index contributed by atoms with van der Waals surface area (Å²) in [5.41, 5.74) is 0.401. The zero-order valence-corrected chi connectivity index (χ0v) is 13.6. The molecule has 0 saturated carbocycles. The first kappa shape index (κ1) is 15.3. The van der Waals surface area contributed by atoms with Crippen molar-refractivity contribution < 1.29 is 13.9 Å². The van der Waals surface area contributed by atoms with Gasteiger partial charge < -0.3 is 18.6 Å². The molecule has 22 heavy (non-hydrogen) atoms. The third kappa shape index (κ3) is 2.60. The van der Waals surface area contributed by atoms with Crippen LogP contribution in [0.1, 0.15) is 28.3 Å². The Morgan fingerprint density at radius 1 is 1.41 bits per heavy atom. The third-order valence-electron chi connectivity index (χ3n) is 3.55. The van der Waals surface area contributed by atoms with Gasteiger partial charge in [-0.15, -0.1) is 10.2 Å². The summed E-state index contributed by atoms with van der Waals surface area (Å²) in [6.45, 7) is 2.87. The molecule has 3 rings (SSSR count). The molecular formula is C13H14Cl2N4O3. The minimum Gasteiger partial charge on any atom is -0.423 e. The maximum Gasteiger partial charge on any atom is 0.271 e. The van der Waals surface area contributed by atoms with Crippen molar-refractivity contribution >= 4 is 29.1 Å². The quantitative estimate of drug-likeness (QED) is 0.835. The molecule has 3 heterocycles. The first-order valence-corrected chi connectivity index (χ1v) is 7.44. The van der Waals surface area contributed by atoms with E-state index in [1.165, 1.54) is 0 Å². The number of aromatic nitrogens is 3. The Bertz CT molecular complexity index is 712. The summed E-state index contributed by atoms with van der Waals surface area (Å²) in [6, 6.07) is 1.13. The van der Waals surface area contributed by atoms with Crippen molar-refractivity contribution in [2.75, 3.05) is 19.8 Å². The van der Waals surface area contributed by atoms with Crippen LogP contribution in [-0.4, -0.2) is 45.3 Å². The van der Waals surface area contributed by atoms with E-state index < -0.39 is 6.04 Å². The lowest BCUT2D eigenvalue weighted by Crippen LogP contribution is -2.44. The predicted octanol–water partition coefficient (Wildman–Crippen LogP) is 2.24. The molecule has 0 aromatic carbocycles. The summed E-state index contributed by atoms with van der Waals surface area (Å²) in [4.78, 5) is 14.5. The van der Waals surface area contributed by atoms with Crippen LogP contribution in [0.5, 0.6) is 0 Å². The summed E-state index contributed by atoms with van der Waals surface area (Å²) >= 11 is 12.0. The van der Waals surface area contributed by atoms with Crippen LogP contribution < -0.4 is 0 Å². The molecule has 0 aliphatic carbocycles. The van der Waals surface area contributed by atoms with Gasteiger partial charge in [0.05, 0.1) is 18.2 Å². The molecule has 1 aliphatic rings. The topological polar surface area (TPSA) is 73.4 Å². The molecule has 1 aliphatic heterocycles. The highest BCUT2D eigenvalue weighted by Gasteiger charge is 2.34. The summed E-state index contributed by atoms with van der Waals surface area (Å²) < 4.78 is 12.4. The first-order valence-electron chi connectivity index (χ1n) is 6.68. The maximum atomic E-state index is 12.8. The number of rotatable bonds is 2. The number of hydrogen-bond donors (Lipinski definition) is 0. The average Bonchev–Trinajstić information content (AvgIpc) is 3.06. The van der Waals surface area contributed by atoms with Gasteiger partial charge in [0.15, 0.2) is 0 Å². The molecule has 1 atom stereocenters. The van der Waals surface area contributed by atoms with Gasteiger partial charge in [0.1, 0.15) is 16.9 Å². The molecule has 1 fully saturated rings. The molecule has 1 amide bonds. The molecule has 0 N–H and O–H groups in total. The van der Waals surface area contributed by atoms with Crippen LogP contribution in [-0.2, 0) is 11.8 Å². The van der Waals surface area contributed by atoms with Crippen LogP contribution in [0.3, 0.4) is 0 Å². The van der Waals surface area contributed by atoms with Gasteiger partial charge >= 0.3 is 0 Å². The normalized spacial score (nSPS) is 18.7. The van der Waals surface area contributed by atoms with Crippen molar-refractivity contribution in [3.63, 3.8) is 0 Å². The van der Waals surface area contributed by atoms with Gasteiger partial charge in [-0.1, -0.05) is 23.2 Å². The van der Waals surface area contributed by atoms with Crippen molar-refractivity contribution in [3.8, 4) is 0 Å². The number of hydrogen-bond acceptors (Lipinski definition) is 5. The number of ether oxygens (including phenoxy) is 1. The Hall–Kier alpha value is -1.57. The van der Waals surface area contributed by atoms with Crippen molar-refractivity contribution in [1.29, 1.82) is 0 Å². The Morgan fingerprint density at radius 3 is 2.77 bits per heavy atom. The Morgan fingerprint density at radius 2 is 2.18 bits per heavy atom. The lowest BCUT2D eigenvalue weighted by Gasteiger charge is -2.33. The highest BCUT2D eigenvalue weighted by molar-refractivity contribution is 6.41. The predicted molar refractivity (Wildman–Crippen MR) is 79.1 cm³/mol. The second kappa shape index (κ2) is 5.91. The van der Waals surface area contributed by atoms with Crippen molar-refractivity contribution in [3.05, 3.63) is 33.7 Å². The Labute approximate surface area is 136 Å². The third-order valence-corrected chi connectivity index (χ3v) is 4.39. The zero-order valence-electron chi connectivity index (χ0n) is 12.0. The van der Waals surface area contributed by atoms with E-state index in [4.69, 9.17) is 32.4 Å². The highest BCUT2D eigenvalue weighted by Crippen LogP contribution is 2.29. The van der Waals surface area contributed by atoms with Gasteiger partial charge in [-0.25, -0.2) is 0 Å². The fraction of sp³-hybridized carbons (Fsp3) is 0.462. The van der Waals surface area contributed by atoms with Crippen LogP contribution in [0.15, 0.2) is 10.5 Å². The molecule has 118 valence electrons. The van der Waals surface area contributed by atoms with E-state index in [9.17, 15) is 4.79 Å². The van der Waals surface area contributed by atoms with Gasteiger partial charge in [0.25, 0.3) is 5.91 Å². The van der Waals surface area contributed by atoms with Crippen molar-refractivity contribution in [2.45, 2.75) is 13.0 Å². The number of morpholine rings is 1. The summed E-state index contributed by atoms with van der Waals surface area (Å²) in [5.74, 6) is 0.593. The number of amides is 1. The minimum absolute atomic E-state index is 0.208. The smallest absolute Gasteiger partial charge is 0.271 e. The van der Waals surface area contributed by atoms with E-state index in [2.05, 4.69) is 10.2 Å². The second-order valence-electron chi connectivity index (χ2n) is 4.98. The summed E-state index contributed by atoms with van der Waals surface area (Å²) in [6.07, 6.45) is 0. The first-order chi connectivity index (χ1) is 10.5. The van der Waals surface area contributed by atoms with Crippen LogP contribution in [0.25, 0.3) is 0 Å². The van der Waals surface area contributed by atoms with E-state index in [0.29, 0.717) is 47.4 Å². The SMILES string of the molecule is Cc1nnc(C2COCCN2C(=O)c2cc(Cl)c(Cl)n2C)o1. The minimum atomic E-state index is -0.421. The Kier molecular flexibility index (Phi) is 4.12. The van der Waals surface area contributed by atoms with E-state index in [1.54, 1.807) is 29.5 Å². The number of carbonyl (C=O) groups is 1. The van der Waals surface area contributed by atoms with Gasteiger partial charge in [-0.3, -0.25) is 4.79 Å². The average molecular weight is 345 g/mol. The van der Waals surface area contributed by atoms with E-state index >= 15 is 0 Å². The fourth-order valence-electron chi connectivity index (χ4n) is 2.39. The molecule has 1 unspecified atom stereocenters. The number of halogens is 2. The lowest BCUT2D eigenvalue weighted by molar-refractivity contribution is -0.0111. The molecule has 2 aromatic heterocycles. The molecule has 7 nitrogen and oxygen atoms in total. The van der Waals surface area contributed by atoms with Crippen molar-refractivity contribution in [1.82, 2.24) is 19.7 Å². The monoisotopic (exact) mass is 344 g/mol. The van der Waals surface area contributed by atoms with E-state index in [-0.39, 0.29) is 5.91 Å². The van der Waals surface area contributed by atoms with E-state index in [0.717, 1.165) is 0 Å². The molecule has 2 aromatic rings. The van der Waals surface area contributed by atoms with Crippen LogP contribution in [0.2, 0.25) is 10.2 Å². The number of carbonyl (C=O) groups excluding carboxylic acids is 1. The zero-order chi connectivity index (χ0) is 15.9. The summed E-state index contributed by atoms with van der Waals surface area (Å²) in [5, 5.41) is 8.46. The molecule has 9 heteroatoms. The summed E-state index contributed by atoms with van der Waals surface area (Å²) in [7, 11) is 1.69.